The molecule has 1 N–H and O–H groups in total. The monoisotopic (exact) mass is 328 g/mol. The molecular formula is C18H20N2O2S. The van der Waals surface area contributed by atoms with Gasteiger partial charge in [0.15, 0.2) is 0 Å². The Balaban J connectivity index is 1.27. The molecule has 0 radical (unpaired) electrons. The van der Waals surface area contributed by atoms with Gasteiger partial charge in [0.05, 0.1) is 4.90 Å². The first kappa shape index (κ1) is 13.0. The molecule has 6 saturated carbocycles. The van der Waals surface area contributed by atoms with Crippen molar-refractivity contribution in [3.8, 4) is 0 Å². The average Bonchev–Trinajstić information content (AvgIpc) is 2.75. The highest BCUT2D eigenvalue weighted by atomic mass is 32.2. The average molecular weight is 328 g/mol. The zero-order valence-electron chi connectivity index (χ0n) is 13.2. The summed E-state index contributed by atoms with van der Waals surface area (Å²) < 4.78 is 24.8. The summed E-state index contributed by atoms with van der Waals surface area (Å²) >= 11 is 0. The maximum absolute atomic E-state index is 12.4. The van der Waals surface area contributed by atoms with E-state index in [0.717, 1.165) is 52.7 Å². The van der Waals surface area contributed by atoms with Crippen LogP contribution in [0.4, 0.5) is 0 Å². The van der Waals surface area contributed by atoms with Crippen LogP contribution in [0.1, 0.15) is 18.9 Å². The fourth-order valence-electron chi connectivity index (χ4n) is 7.61. The van der Waals surface area contributed by atoms with Crippen molar-refractivity contribution in [1.29, 1.82) is 0 Å². The summed E-state index contributed by atoms with van der Waals surface area (Å²) in [7, 11) is -3.56. The zero-order chi connectivity index (χ0) is 15.7. The Morgan fingerprint density at radius 2 is 1.78 bits per heavy atom. The maximum Gasteiger partial charge on any atom is 0.276 e. The zero-order valence-corrected chi connectivity index (χ0v) is 14.0. The second-order valence-corrected chi connectivity index (χ2v) is 9.99. The molecule has 0 unspecified atom stereocenters. The number of hydrogen-bond donors (Lipinski definition) is 1. The molecule has 4 nitrogen and oxygen atoms in total. The molecule has 120 valence electrons. The van der Waals surface area contributed by atoms with Crippen molar-refractivity contribution in [2.75, 3.05) is 0 Å². The Kier molecular flexibility index (Phi) is 1.98. The van der Waals surface area contributed by atoms with E-state index in [4.69, 9.17) is 0 Å². The van der Waals surface area contributed by atoms with E-state index < -0.39 is 10.0 Å². The number of sulfonamides is 1. The third-order valence-corrected chi connectivity index (χ3v) is 9.28. The molecule has 0 spiro atoms. The SMILES string of the molecule is C/C(=N\NS(=O)(=O)c1ccc(C)cc1)C12C3[C@@H]4C5CC([C@@H]41)[C@H]2[C@@H]53. The molecule has 0 heterocycles. The number of hydrazone groups is 1. The molecule has 0 aromatic heterocycles. The van der Waals surface area contributed by atoms with Crippen LogP contribution in [0.2, 0.25) is 0 Å². The standard InChI is InChI=1S/C18H20N2O2S/c1-8-3-5-10(6-4-8)23(21,22)20-19-9(2)18-15-12-7-11-13(15)17(18)14(11)16(12)18/h3-6,11-17,20H,7H2,1-2H3/b19-9+/t11?,12?,13-,14-,15+,16+,17?,18?/m1/s1. The lowest BCUT2D eigenvalue weighted by atomic mass is 9.12. The quantitative estimate of drug-likeness (QED) is 0.681. The molecule has 6 aliphatic carbocycles. The third-order valence-electron chi connectivity index (χ3n) is 8.06. The molecule has 5 heteroatoms. The van der Waals surface area contributed by atoms with E-state index in [0.29, 0.717) is 5.41 Å². The summed E-state index contributed by atoms with van der Waals surface area (Å²) in [6.07, 6.45) is 1.45. The van der Waals surface area contributed by atoms with E-state index in [1.54, 1.807) is 12.1 Å². The fourth-order valence-corrected chi connectivity index (χ4v) is 8.46. The van der Waals surface area contributed by atoms with Gasteiger partial charge in [0.1, 0.15) is 0 Å². The van der Waals surface area contributed by atoms with Gasteiger partial charge < -0.3 is 0 Å². The van der Waals surface area contributed by atoms with Crippen molar-refractivity contribution in [1.82, 2.24) is 4.83 Å². The van der Waals surface area contributed by atoms with Crippen LogP contribution >= 0.6 is 0 Å². The van der Waals surface area contributed by atoms with Crippen LogP contribution in [0, 0.1) is 53.8 Å². The Hall–Kier alpha value is -1.36. The number of aryl methyl sites for hydroxylation is 1. The number of hydrogen-bond acceptors (Lipinski definition) is 3. The first-order valence-corrected chi connectivity index (χ1v) is 10.1. The van der Waals surface area contributed by atoms with Gasteiger partial charge in [0.2, 0.25) is 0 Å². The topological polar surface area (TPSA) is 58.5 Å². The molecule has 1 aromatic carbocycles. The van der Waals surface area contributed by atoms with Gasteiger partial charge in [-0.2, -0.15) is 13.5 Å². The normalized spacial score (nSPS) is 50.3. The van der Waals surface area contributed by atoms with Crippen LogP contribution < -0.4 is 4.83 Å². The molecule has 0 aliphatic heterocycles. The predicted octanol–water partition coefficient (Wildman–Crippen LogP) is 2.41. The largest absolute Gasteiger partial charge is 0.276 e. The van der Waals surface area contributed by atoms with Crippen LogP contribution in [-0.2, 0) is 10.0 Å². The molecule has 23 heavy (non-hydrogen) atoms. The van der Waals surface area contributed by atoms with Crippen molar-refractivity contribution in [3.63, 3.8) is 0 Å². The molecule has 7 rings (SSSR count). The van der Waals surface area contributed by atoms with Crippen LogP contribution in [0.15, 0.2) is 34.3 Å². The summed E-state index contributed by atoms with van der Waals surface area (Å²) in [5.74, 6) is 6.41. The van der Waals surface area contributed by atoms with Crippen LogP contribution in [0.5, 0.6) is 0 Å². The number of nitrogens with one attached hydrogen (secondary N) is 1. The van der Waals surface area contributed by atoms with Gasteiger partial charge in [-0.05, 0) is 73.8 Å². The Morgan fingerprint density at radius 1 is 1.13 bits per heavy atom. The fraction of sp³-hybridized carbons (Fsp3) is 0.611. The number of rotatable bonds is 4. The number of benzene rings is 1. The highest BCUT2D eigenvalue weighted by Crippen LogP contribution is 3.00. The molecule has 2 bridgehead atoms. The third kappa shape index (κ3) is 1.10. The van der Waals surface area contributed by atoms with Gasteiger partial charge in [0, 0.05) is 11.1 Å². The summed E-state index contributed by atoms with van der Waals surface area (Å²) in [6.45, 7) is 3.99. The van der Waals surface area contributed by atoms with Crippen LogP contribution in [0.3, 0.4) is 0 Å². The molecule has 6 aliphatic rings. The highest BCUT2D eigenvalue weighted by Gasteiger charge is 2.98. The van der Waals surface area contributed by atoms with Gasteiger partial charge in [-0.3, -0.25) is 0 Å². The molecule has 1 aromatic rings. The first-order valence-electron chi connectivity index (χ1n) is 8.61. The lowest BCUT2D eigenvalue weighted by Gasteiger charge is -2.91. The summed E-state index contributed by atoms with van der Waals surface area (Å²) in [6, 6.07) is 6.90. The second-order valence-electron chi connectivity index (χ2n) is 8.33. The van der Waals surface area contributed by atoms with Crippen molar-refractivity contribution in [3.05, 3.63) is 29.8 Å². The van der Waals surface area contributed by atoms with Gasteiger partial charge >= 0.3 is 0 Å². The molecule has 6 fully saturated rings. The van der Waals surface area contributed by atoms with E-state index in [-0.39, 0.29) is 4.90 Å². The highest BCUT2D eigenvalue weighted by molar-refractivity contribution is 7.89. The first-order chi connectivity index (χ1) is 11.0. The summed E-state index contributed by atoms with van der Waals surface area (Å²) in [4.78, 5) is 2.77. The summed E-state index contributed by atoms with van der Waals surface area (Å²) in [5.41, 5.74) is 2.38. The maximum atomic E-state index is 12.4. The molecule has 0 amide bonds. The Bertz CT molecular complexity index is 849. The Morgan fingerprint density at radius 3 is 2.39 bits per heavy atom. The van der Waals surface area contributed by atoms with Crippen LogP contribution in [0.25, 0.3) is 0 Å². The lowest BCUT2D eigenvalue weighted by molar-refractivity contribution is -0.414. The summed E-state index contributed by atoms with van der Waals surface area (Å²) in [5, 5.41) is 4.36. The van der Waals surface area contributed by atoms with Gasteiger partial charge in [-0.1, -0.05) is 17.7 Å². The predicted molar refractivity (Wildman–Crippen MR) is 86.1 cm³/mol. The minimum Gasteiger partial charge on any atom is -0.200 e. The van der Waals surface area contributed by atoms with Crippen molar-refractivity contribution in [2.24, 2.45) is 51.9 Å². The van der Waals surface area contributed by atoms with Crippen LogP contribution in [-0.4, -0.2) is 14.1 Å². The van der Waals surface area contributed by atoms with E-state index in [1.165, 1.54) is 6.42 Å². The Labute approximate surface area is 136 Å². The van der Waals surface area contributed by atoms with Crippen molar-refractivity contribution >= 4 is 15.7 Å². The van der Waals surface area contributed by atoms with Crippen molar-refractivity contribution < 1.29 is 8.42 Å². The smallest absolute Gasteiger partial charge is 0.200 e. The van der Waals surface area contributed by atoms with Gasteiger partial charge in [0.25, 0.3) is 10.0 Å². The second kappa shape index (κ2) is 3.51. The molecule has 0 saturated heterocycles. The van der Waals surface area contributed by atoms with E-state index in [2.05, 4.69) is 9.93 Å². The van der Waals surface area contributed by atoms with E-state index in [9.17, 15) is 8.42 Å². The van der Waals surface area contributed by atoms with Gasteiger partial charge in [-0.25, -0.2) is 4.83 Å². The van der Waals surface area contributed by atoms with E-state index >= 15 is 0 Å². The minimum absolute atomic E-state index is 0.284. The van der Waals surface area contributed by atoms with Gasteiger partial charge in [-0.15, -0.1) is 0 Å². The molecular weight excluding hydrogens is 308 g/mol. The lowest BCUT2D eigenvalue weighted by Crippen LogP contribution is -2.90. The number of nitrogens with zero attached hydrogens (tertiary/aromatic N) is 1. The molecule has 4 atom stereocenters. The van der Waals surface area contributed by atoms with Crippen molar-refractivity contribution in [2.45, 2.75) is 25.2 Å². The minimum atomic E-state index is -3.56. The van der Waals surface area contributed by atoms with E-state index in [1.807, 2.05) is 26.0 Å².